The molecule has 0 aromatic heterocycles. The van der Waals surface area contributed by atoms with Gasteiger partial charge in [-0.3, -0.25) is 0 Å². The van der Waals surface area contributed by atoms with Crippen LogP contribution in [0.1, 0.15) is 51.5 Å². The van der Waals surface area contributed by atoms with E-state index < -0.39 is 0 Å². The predicted molar refractivity (Wildman–Crippen MR) is 81.9 cm³/mol. The van der Waals surface area contributed by atoms with Crippen molar-refractivity contribution in [3.63, 3.8) is 0 Å². The summed E-state index contributed by atoms with van der Waals surface area (Å²) < 4.78 is 0. The van der Waals surface area contributed by atoms with Crippen molar-refractivity contribution in [3.05, 3.63) is 60.7 Å². The Morgan fingerprint density at radius 3 is 2.33 bits per heavy atom. The van der Waals surface area contributed by atoms with Gasteiger partial charge in [-0.25, -0.2) is 0 Å². The second-order valence-corrected chi connectivity index (χ2v) is 4.99. The average Bonchev–Trinajstić information content (AvgIpc) is 2.44. The molecule has 0 radical (unpaired) electrons. The van der Waals surface area contributed by atoms with Gasteiger partial charge in [-0.2, -0.15) is 0 Å². The van der Waals surface area contributed by atoms with Crippen LogP contribution < -0.4 is 0 Å². The zero-order valence-corrected chi connectivity index (χ0v) is 11.9. The maximum atomic E-state index is 4.25. The van der Waals surface area contributed by atoms with Gasteiger partial charge in [0.05, 0.1) is 0 Å². The Bertz CT molecular complexity index is 374. The van der Waals surface area contributed by atoms with Gasteiger partial charge in [0.15, 0.2) is 0 Å². The lowest BCUT2D eigenvalue weighted by molar-refractivity contribution is 0.431. The zero-order valence-electron chi connectivity index (χ0n) is 11.9. The lowest BCUT2D eigenvalue weighted by Gasteiger charge is -2.34. The Kier molecular flexibility index (Phi) is 5.91. The largest absolute Gasteiger partial charge is 0.0988 e. The molecule has 0 saturated heterocycles. The molecule has 0 heterocycles. The van der Waals surface area contributed by atoms with E-state index in [0.717, 1.165) is 12.0 Å². The number of rotatable bonds is 8. The van der Waals surface area contributed by atoms with Crippen LogP contribution in [0.3, 0.4) is 0 Å². The Morgan fingerprint density at radius 1 is 1.17 bits per heavy atom. The molecule has 1 rings (SSSR count). The Labute approximate surface area is 112 Å². The van der Waals surface area contributed by atoms with E-state index in [9.17, 15) is 0 Å². The van der Waals surface area contributed by atoms with E-state index in [1.165, 1.54) is 31.2 Å². The molecule has 18 heavy (non-hydrogen) atoms. The molecule has 0 N–H and O–H groups in total. The molecule has 1 aromatic rings. The van der Waals surface area contributed by atoms with Crippen LogP contribution in [0, 0.1) is 0 Å². The van der Waals surface area contributed by atoms with Crippen molar-refractivity contribution in [1.82, 2.24) is 0 Å². The standard InChI is InChI=1S/C18H26/c1-5-8-12-15-18(7-3,16(4)6-2)17-13-10-9-11-14-17/h6,9-11,13-14H,2,4-5,7-8,12,15H2,1,3H3. The summed E-state index contributed by atoms with van der Waals surface area (Å²) in [6.45, 7) is 12.7. The second-order valence-electron chi connectivity index (χ2n) is 4.99. The van der Waals surface area contributed by atoms with Crippen molar-refractivity contribution in [2.45, 2.75) is 51.4 Å². The van der Waals surface area contributed by atoms with Gasteiger partial charge in [-0.15, -0.1) is 0 Å². The molecular weight excluding hydrogens is 216 g/mol. The average molecular weight is 242 g/mol. The van der Waals surface area contributed by atoms with Crippen molar-refractivity contribution in [3.8, 4) is 0 Å². The van der Waals surface area contributed by atoms with Crippen molar-refractivity contribution in [2.24, 2.45) is 0 Å². The van der Waals surface area contributed by atoms with Crippen LogP contribution in [0.5, 0.6) is 0 Å². The van der Waals surface area contributed by atoms with E-state index >= 15 is 0 Å². The summed E-state index contributed by atoms with van der Waals surface area (Å²) in [5.41, 5.74) is 2.62. The fourth-order valence-corrected chi connectivity index (χ4v) is 2.73. The van der Waals surface area contributed by atoms with Crippen LogP contribution in [0.15, 0.2) is 55.1 Å². The Hall–Kier alpha value is -1.30. The first-order chi connectivity index (χ1) is 8.71. The summed E-state index contributed by atoms with van der Waals surface area (Å²) in [6.07, 6.45) is 8.00. The molecule has 0 amide bonds. The molecule has 0 aliphatic rings. The first-order valence-electron chi connectivity index (χ1n) is 7.08. The summed E-state index contributed by atoms with van der Waals surface area (Å²) in [6, 6.07) is 10.8. The minimum absolute atomic E-state index is 0.0815. The highest BCUT2D eigenvalue weighted by atomic mass is 14.3. The normalized spacial score (nSPS) is 13.9. The zero-order chi connectivity index (χ0) is 13.4. The SMILES string of the molecule is C=CC(=C)C(CC)(CCCCC)c1ccccc1. The summed E-state index contributed by atoms with van der Waals surface area (Å²) in [7, 11) is 0. The van der Waals surface area contributed by atoms with Crippen molar-refractivity contribution in [1.29, 1.82) is 0 Å². The van der Waals surface area contributed by atoms with E-state index in [0.29, 0.717) is 0 Å². The number of unbranched alkanes of at least 4 members (excludes halogenated alkanes) is 2. The van der Waals surface area contributed by atoms with Gasteiger partial charge in [-0.05, 0) is 24.0 Å². The lowest BCUT2D eigenvalue weighted by Crippen LogP contribution is -2.26. The monoisotopic (exact) mass is 242 g/mol. The van der Waals surface area contributed by atoms with Crippen LogP contribution in [0.4, 0.5) is 0 Å². The minimum atomic E-state index is 0.0815. The molecule has 98 valence electrons. The van der Waals surface area contributed by atoms with E-state index in [1.54, 1.807) is 0 Å². The van der Waals surface area contributed by atoms with Crippen molar-refractivity contribution < 1.29 is 0 Å². The van der Waals surface area contributed by atoms with Gasteiger partial charge in [0.1, 0.15) is 0 Å². The smallest absolute Gasteiger partial charge is 0.0194 e. The van der Waals surface area contributed by atoms with Gasteiger partial charge in [0, 0.05) is 5.41 Å². The van der Waals surface area contributed by atoms with Gasteiger partial charge >= 0.3 is 0 Å². The van der Waals surface area contributed by atoms with Crippen molar-refractivity contribution >= 4 is 0 Å². The highest BCUT2D eigenvalue weighted by molar-refractivity contribution is 5.39. The quantitative estimate of drug-likeness (QED) is 0.408. The van der Waals surface area contributed by atoms with Crippen LogP contribution in [-0.2, 0) is 5.41 Å². The molecule has 1 atom stereocenters. The Balaban J connectivity index is 3.06. The third-order valence-electron chi connectivity index (χ3n) is 4.00. The molecule has 0 fully saturated rings. The third kappa shape index (κ3) is 3.13. The number of allylic oxidation sites excluding steroid dienone is 2. The minimum Gasteiger partial charge on any atom is -0.0988 e. The van der Waals surface area contributed by atoms with Crippen molar-refractivity contribution in [2.75, 3.05) is 0 Å². The number of hydrogen-bond acceptors (Lipinski definition) is 0. The molecule has 0 spiro atoms. The topological polar surface area (TPSA) is 0 Å². The molecule has 0 saturated carbocycles. The number of benzene rings is 1. The molecule has 0 heteroatoms. The molecular formula is C18H26. The molecule has 0 aliphatic heterocycles. The third-order valence-corrected chi connectivity index (χ3v) is 4.00. The molecule has 1 aromatic carbocycles. The van der Waals surface area contributed by atoms with Gasteiger partial charge in [-0.1, -0.05) is 82.7 Å². The summed E-state index contributed by atoms with van der Waals surface area (Å²) >= 11 is 0. The highest BCUT2D eigenvalue weighted by Gasteiger charge is 2.31. The predicted octanol–water partition coefficient (Wildman–Crippen LogP) is 5.66. The maximum Gasteiger partial charge on any atom is 0.0194 e. The lowest BCUT2D eigenvalue weighted by atomic mass is 9.69. The fourth-order valence-electron chi connectivity index (χ4n) is 2.73. The molecule has 0 nitrogen and oxygen atoms in total. The van der Waals surface area contributed by atoms with Crippen LogP contribution in [-0.4, -0.2) is 0 Å². The van der Waals surface area contributed by atoms with Gasteiger partial charge < -0.3 is 0 Å². The Morgan fingerprint density at radius 2 is 1.83 bits per heavy atom. The maximum absolute atomic E-state index is 4.25. The molecule has 1 unspecified atom stereocenters. The van der Waals surface area contributed by atoms with Crippen LogP contribution in [0.2, 0.25) is 0 Å². The number of hydrogen-bond donors (Lipinski definition) is 0. The first-order valence-corrected chi connectivity index (χ1v) is 7.08. The van der Waals surface area contributed by atoms with E-state index in [4.69, 9.17) is 0 Å². The van der Waals surface area contributed by atoms with E-state index in [-0.39, 0.29) is 5.41 Å². The second kappa shape index (κ2) is 7.20. The fraction of sp³-hybridized carbons (Fsp3) is 0.444. The summed E-state index contributed by atoms with van der Waals surface area (Å²) in [5, 5.41) is 0. The van der Waals surface area contributed by atoms with Crippen LogP contribution in [0.25, 0.3) is 0 Å². The van der Waals surface area contributed by atoms with Gasteiger partial charge in [0.25, 0.3) is 0 Å². The summed E-state index contributed by atoms with van der Waals surface area (Å²) in [5.74, 6) is 0. The van der Waals surface area contributed by atoms with Crippen LogP contribution >= 0.6 is 0 Å². The molecule has 0 bridgehead atoms. The molecule has 0 aliphatic carbocycles. The van der Waals surface area contributed by atoms with Gasteiger partial charge in [0.2, 0.25) is 0 Å². The van der Waals surface area contributed by atoms with E-state index in [1.807, 2.05) is 6.08 Å². The summed E-state index contributed by atoms with van der Waals surface area (Å²) in [4.78, 5) is 0. The van der Waals surface area contributed by atoms with E-state index in [2.05, 4.69) is 57.3 Å². The highest BCUT2D eigenvalue weighted by Crippen LogP contribution is 2.40. The first kappa shape index (κ1) is 14.8.